The summed E-state index contributed by atoms with van der Waals surface area (Å²) in [5.74, 6) is 0.364. The monoisotopic (exact) mass is 386 g/mol. The van der Waals surface area contributed by atoms with Crippen LogP contribution in [-0.2, 0) is 21.5 Å². The summed E-state index contributed by atoms with van der Waals surface area (Å²) < 4.78 is 43.9. The van der Waals surface area contributed by atoms with E-state index in [4.69, 9.17) is 4.42 Å². The molecule has 2 aromatic rings. The molecule has 1 heterocycles. The molecule has 0 bridgehead atoms. The third-order valence-electron chi connectivity index (χ3n) is 3.36. The highest BCUT2D eigenvalue weighted by atomic mass is 32.2. The number of alkyl halides is 3. The number of nitrogens with one attached hydrogen (secondary N) is 1. The van der Waals surface area contributed by atoms with Gasteiger partial charge < -0.3 is 14.6 Å². The van der Waals surface area contributed by atoms with E-state index >= 15 is 0 Å². The highest BCUT2D eigenvalue weighted by molar-refractivity contribution is 7.99. The first-order chi connectivity index (χ1) is 12.3. The molecule has 1 aromatic carbocycles. The Hall–Kier alpha value is -2.42. The topological polar surface area (TPSA) is 62.6 Å². The minimum atomic E-state index is -4.58. The van der Waals surface area contributed by atoms with E-state index in [0.29, 0.717) is 5.75 Å². The molecule has 1 aromatic heterocycles. The van der Waals surface area contributed by atoms with E-state index in [0.717, 1.165) is 11.8 Å². The van der Waals surface area contributed by atoms with Crippen LogP contribution in [0, 0.1) is 0 Å². The van der Waals surface area contributed by atoms with Crippen molar-refractivity contribution in [3.8, 4) is 0 Å². The number of benzene rings is 1. The van der Waals surface area contributed by atoms with Gasteiger partial charge >= 0.3 is 6.18 Å². The number of amides is 2. The third-order valence-corrected chi connectivity index (χ3v) is 4.30. The molecule has 2 amide bonds. The molecule has 0 aliphatic heterocycles. The summed E-state index contributed by atoms with van der Waals surface area (Å²) in [5.41, 5.74) is -1.27. The Labute approximate surface area is 152 Å². The molecule has 0 saturated carbocycles. The Morgan fingerprint density at radius 3 is 2.58 bits per heavy atom. The van der Waals surface area contributed by atoms with Gasteiger partial charge in [0.15, 0.2) is 0 Å². The number of para-hydroxylation sites is 1. The van der Waals surface area contributed by atoms with E-state index in [-0.39, 0.29) is 23.9 Å². The van der Waals surface area contributed by atoms with Crippen LogP contribution in [-0.4, -0.2) is 36.1 Å². The molecule has 1 N–H and O–H groups in total. The van der Waals surface area contributed by atoms with Crippen molar-refractivity contribution in [1.29, 1.82) is 0 Å². The van der Waals surface area contributed by atoms with Crippen LogP contribution >= 0.6 is 11.8 Å². The first-order valence-corrected chi connectivity index (χ1v) is 8.73. The second-order valence-corrected chi connectivity index (χ2v) is 6.40. The molecule has 0 spiro atoms. The number of hydrogen-bond donors (Lipinski definition) is 1. The summed E-state index contributed by atoms with van der Waals surface area (Å²) in [6.07, 6.45) is -3.04. The van der Waals surface area contributed by atoms with Crippen LogP contribution in [0.5, 0.6) is 0 Å². The molecule has 0 saturated heterocycles. The van der Waals surface area contributed by atoms with Crippen LogP contribution in [0.4, 0.5) is 18.9 Å². The maximum Gasteiger partial charge on any atom is 0.418 e. The van der Waals surface area contributed by atoms with Gasteiger partial charge in [0.2, 0.25) is 11.8 Å². The van der Waals surface area contributed by atoms with Crippen molar-refractivity contribution in [2.24, 2.45) is 0 Å². The molecular weight excluding hydrogens is 369 g/mol. The lowest BCUT2D eigenvalue weighted by Crippen LogP contribution is -2.36. The van der Waals surface area contributed by atoms with E-state index in [1.165, 1.54) is 48.2 Å². The lowest BCUT2D eigenvalue weighted by Gasteiger charge is -2.18. The van der Waals surface area contributed by atoms with Crippen molar-refractivity contribution < 1.29 is 27.2 Å². The fourth-order valence-corrected chi connectivity index (χ4v) is 2.94. The number of halogens is 3. The second kappa shape index (κ2) is 8.79. The first-order valence-electron chi connectivity index (χ1n) is 7.57. The normalized spacial score (nSPS) is 11.2. The molecule has 0 aliphatic carbocycles. The van der Waals surface area contributed by atoms with Crippen LogP contribution in [0.2, 0.25) is 0 Å². The minimum absolute atomic E-state index is 0.129. The number of furan rings is 1. The molecule has 26 heavy (non-hydrogen) atoms. The van der Waals surface area contributed by atoms with Crippen molar-refractivity contribution >= 4 is 29.3 Å². The SMILES string of the molecule is CN(CC(=O)Nc1ccccc1C(F)(F)F)C(=O)CSCc1ccco1. The second-order valence-electron chi connectivity index (χ2n) is 5.41. The van der Waals surface area contributed by atoms with Crippen molar-refractivity contribution in [1.82, 2.24) is 4.90 Å². The van der Waals surface area contributed by atoms with Gasteiger partial charge in [-0.05, 0) is 24.3 Å². The summed E-state index contributed by atoms with van der Waals surface area (Å²) in [7, 11) is 1.42. The molecule has 0 unspecified atom stereocenters. The molecule has 140 valence electrons. The Morgan fingerprint density at radius 1 is 1.19 bits per heavy atom. The van der Waals surface area contributed by atoms with Gasteiger partial charge in [0, 0.05) is 7.05 Å². The number of anilines is 1. The van der Waals surface area contributed by atoms with Crippen LogP contribution in [0.1, 0.15) is 11.3 Å². The van der Waals surface area contributed by atoms with Crippen molar-refractivity contribution in [2.45, 2.75) is 11.9 Å². The average molecular weight is 386 g/mol. The van der Waals surface area contributed by atoms with Crippen LogP contribution < -0.4 is 5.32 Å². The lowest BCUT2D eigenvalue weighted by atomic mass is 10.1. The van der Waals surface area contributed by atoms with Crippen LogP contribution in [0.3, 0.4) is 0 Å². The average Bonchev–Trinajstić information content (AvgIpc) is 3.07. The Bertz CT molecular complexity index is 748. The van der Waals surface area contributed by atoms with Crippen molar-refractivity contribution in [3.05, 3.63) is 54.0 Å². The van der Waals surface area contributed by atoms with E-state index in [9.17, 15) is 22.8 Å². The fourth-order valence-electron chi connectivity index (χ4n) is 2.08. The zero-order valence-electron chi connectivity index (χ0n) is 13.9. The van der Waals surface area contributed by atoms with E-state index in [1.807, 2.05) is 0 Å². The molecule has 0 fully saturated rings. The van der Waals surface area contributed by atoms with Crippen molar-refractivity contribution in [3.63, 3.8) is 0 Å². The third kappa shape index (κ3) is 5.83. The van der Waals surface area contributed by atoms with Gasteiger partial charge in [0.05, 0.1) is 35.6 Å². The van der Waals surface area contributed by atoms with Gasteiger partial charge in [-0.3, -0.25) is 9.59 Å². The first kappa shape index (κ1) is 19.9. The lowest BCUT2D eigenvalue weighted by molar-refractivity contribution is -0.137. The zero-order chi connectivity index (χ0) is 19.2. The molecule has 0 aliphatic rings. The molecule has 5 nitrogen and oxygen atoms in total. The number of likely N-dealkylation sites (N-methyl/N-ethyl adjacent to an activating group) is 1. The number of carbonyl (C=O) groups is 2. The highest BCUT2D eigenvalue weighted by Crippen LogP contribution is 2.34. The number of carbonyl (C=O) groups excluding carboxylic acids is 2. The minimum Gasteiger partial charge on any atom is -0.468 e. The largest absolute Gasteiger partial charge is 0.468 e. The number of thioether (sulfide) groups is 1. The predicted octanol–water partition coefficient (Wildman–Crippen LogP) is 3.63. The maximum atomic E-state index is 12.9. The summed E-state index contributed by atoms with van der Waals surface area (Å²) in [5, 5.41) is 2.21. The molecule has 2 rings (SSSR count). The van der Waals surface area contributed by atoms with Crippen LogP contribution in [0.15, 0.2) is 47.1 Å². The van der Waals surface area contributed by atoms with Gasteiger partial charge in [-0.1, -0.05) is 12.1 Å². The number of hydrogen-bond acceptors (Lipinski definition) is 4. The Kier molecular flexibility index (Phi) is 6.73. The van der Waals surface area contributed by atoms with E-state index < -0.39 is 17.6 Å². The zero-order valence-corrected chi connectivity index (χ0v) is 14.7. The maximum absolute atomic E-state index is 12.9. The molecule has 0 radical (unpaired) electrons. The van der Waals surface area contributed by atoms with E-state index in [2.05, 4.69) is 5.32 Å². The van der Waals surface area contributed by atoms with Gasteiger partial charge in [-0.2, -0.15) is 13.2 Å². The van der Waals surface area contributed by atoms with Gasteiger partial charge in [-0.25, -0.2) is 0 Å². The fraction of sp³-hybridized carbons (Fsp3) is 0.294. The van der Waals surface area contributed by atoms with Crippen LogP contribution in [0.25, 0.3) is 0 Å². The van der Waals surface area contributed by atoms with Crippen molar-refractivity contribution in [2.75, 3.05) is 24.7 Å². The molecular formula is C17H17F3N2O3S. The Morgan fingerprint density at radius 2 is 1.92 bits per heavy atom. The Balaban J connectivity index is 1.84. The van der Waals surface area contributed by atoms with Gasteiger partial charge in [0.1, 0.15) is 5.76 Å². The molecule has 0 atom stereocenters. The summed E-state index contributed by atoms with van der Waals surface area (Å²) >= 11 is 1.32. The number of nitrogens with zero attached hydrogens (tertiary/aromatic N) is 1. The predicted molar refractivity (Wildman–Crippen MR) is 92.6 cm³/mol. The van der Waals surface area contributed by atoms with Gasteiger partial charge in [-0.15, -0.1) is 11.8 Å². The number of rotatable bonds is 7. The smallest absolute Gasteiger partial charge is 0.418 e. The molecule has 9 heteroatoms. The summed E-state index contributed by atoms with van der Waals surface area (Å²) in [4.78, 5) is 25.1. The standard InChI is InChI=1S/C17H17F3N2O3S/c1-22(16(24)11-26-10-12-5-4-8-25-12)9-15(23)21-14-7-3-2-6-13(14)17(18,19)20/h2-8H,9-11H2,1H3,(H,21,23). The highest BCUT2D eigenvalue weighted by Gasteiger charge is 2.33. The van der Waals surface area contributed by atoms with Gasteiger partial charge in [0.25, 0.3) is 0 Å². The summed E-state index contributed by atoms with van der Waals surface area (Å²) in [6, 6.07) is 8.21. The quantitative estimate of drug-likeness (QED) is 0.789. The van der Waals surface area contributed by atoms with E-state index in [1.54, 1.807) is 12.1 Å². The summed E-state index contributed by atoms with van der Waals surface area (Å²) in [6.45, 7) is -0.341.